The highest BCUT2D eigenvalue weighted by Gasteiger charge is 2.40. The van der Waals surface area contributed by atoms with Crippen LogP contribution in [-0.2, 0) is 35.1 Å². The van der Waals surface area contributed by atoms with Gasteiger partial charge in [-0.05, 0) is 87.9 Å². The van der Waals surface area contributed by atoms with E-state index in [4.69, 9.17) is 21.9 Å². The number of carbonyl (C=O) groups is 5. The highest BCUT2D eigenvalue weighted by Crippen LogP contribution is 2.24. The second-order valence-electron chi connectivity index (χ2n) is 16.9. The van der Waals surface area contributed by atoms with E-state index in [0.29, 0.717) is 51.9 Å². The number of fused-ring (bicyclic) bond motifs is 1. The van der Waals surface area contributed by atoms with Crippen LogP contribution in [0.4, 0.5) is 0 Å². The molecular formula is C42H72ClN9O6. The van der Waals surface area contributed by atoms with Crippen molar-refractivity contribution in [3.8, 4) is 0 Å². The number of esters is 1. The van der Waals surface area contributed by atoms with Crippen molar-refractivity contribution in [2.45, 2.75) is 142 Å². The van der Waals surface area contributed by atoms with Crippen LogP contribution in [0.2, 0.25) is 0 Å². The van der Waals surface area contributed by atoms with Gasteiger partial charge in [-0.25, -0.2) is 4.79 Å². The number of halogens is 1. The molecule has 11 N–H and O–H groups in total. The van der Waals surface area contributed by atoms with Crippen molar-refractivity contribution < 1.29 is 28.7 Å². The molecule has 4 amide bonds. The minimum absolute atomic E-state index is 0. The van der Waals surface area contributed by atoms with Crippen molar-refractivity contribution in [2.24, 2.45) is 28.5 Å². The van der Waals surface area contributed by atoms with Crippen LogP contribution in [0.3, 0.4) is 0 Å². The van der Waals surface area contributed by atoms with Crippen LogP contribution in [0.1, 0.15) is 105 Å². The quantitative estimate of drug-likeness (QED) is 0.0569. The van der Waals surface area contributed by atoms with E-state index in [9.17, 15) is 24.0 Å². The van der Waals surface area contributed by atoms with Gasteiger partial charge in [0.2, 0.25) is 23.6 Å². The number of amides is 4. The number of ether oxygens (including phenoxy) is 1. The summed E-state index contributed by atoms with van der Waals surface area (Å²) in [5, 5.41) is 13.0. The van der Waals surface area contributed by atoms with E-state index >= 15 is 0 Å². The highest BCUT2D eigenvalue weighted by molar-refractivity contribution is 5.96. The third-order valence-corrected chi connectivity index (χ3v) is 10.5. The summed E-state index contributed by atoms with van der Waals surface area (Å²) in [5.74, 6) is -2.19. The van der Waals surface area contributed by atoms with Crippen LogP contribution >= 0.6 is 12.4 Å². The fraction of sp³-hybridized carbons (Fsp3) is 0.690. The highest BCUT2D eigenvalue weighted by atomic mass is 35.5. The summed E-state index contributed by atoms with van der Waals surface area (Å²) in [6.45, 7) is 13.2. The van der Waals surface area contributed by atoms with E-state index in [2.05, 4.69) is 26.3 Å². The largest absolute Gasteiger partial charge is 0.464 e. The van der Waals surface area contributed by atoms with Crippen molar-refractivity contribution in [3.63, 3.8) is 0 Å². The number of para-hydroxylation sites is 1. The first kappa shape index (κ1) is 50.4. The van der Waals surface area contributed by atoms with Crippen molar-refractivity contribution in [3.05, 3.63) is 36.0 Å². The lowest BCUT2D eigenvalue weighted by Crippen LogP contribution is -2.61. The van der Waals surface area contributed by atoms with E-state index in [1.165, 1.54) is 0 Å². The zero-order chi connectivity index (χ0) is 42.1. The van der Waals surface area contributed by atoms with Gasteiger partial charge in [0.05, 0.1) is 12.6 Å². The molecule has 2 heterocycles. The first-order valence-electron chi connectivity index (χ1n) is 20.9. The zero-order valence-corrected chi connectivity index (χ0v) is 36.4. The third-order valence-electron chi connectivity index (χ3n) is 10.5. The predicted molar refractivity (Wildman–Crippen MR) is 231 cm³/mol. The molecule has 1 saturated heterocycles. The van der Waals surface area contributed by atoms with Gasteiger partial charge in [-0.1, -0.05) is 65.7 Å². The standard InChI is InChI=1S/C42H71N9O6.ClH/c1-7-57-41(56)34(23-27(2)3)49-39(54)36(42(4,5)6)50-37(52)33(24-28-25-46-31-17-9-8-16-30(28)31)48-38(53)35-19-14-22-51(35)40(55)32(18-11-13-21-44)47-26-29(45)15-10-12-20-43;/h8-9,16-17,25,27,29,32-36,46-47H,7,10-15,18-24,26,43-45H2,1-6H3,(H,48,53)(H,49,54)(H,50,52);1H/t29-,32-,33-,34-,35-,36+;/m0./s1. The Bertz CT molecular complexity index is 1600. The van der Waals surface area contributed by atoms with Crippen LogP contribution in [-0.4, -0.2) is 109 Å². The number of hydrogen-bond acceptors (Lipinski definition) is 10. The Morgan fingerprint density at radius 1 is 0.914 bits per heavy atom. The summed E-state index contributed by atoms with van der Waals surface area (Å²) >= 11 is 0. The number of nitrogens with zero attached hydrogens (tertiary/aromatic N) is 1. The zero-order valence-electron chi connectivity index (χ0n) is 35.6. The SMILES string of the molecule is CCOC(=O)[C@H](CC(C)C)NC(=O)[C@@H](NC(=O)[C@H](Cc1c[nH]c2ccccc12)NC(=O)[C@@H]1CCCN1C(=O)[C@H](CCCCN)NC[C@@H](N)CCCCN)C(C)(C)C.Cl. The van der Waals surface area contributed by atoms with Crippen molar-refractivity contribution in [1.82, 2.24) is 31.2 Å². The Kier molecular flexibility index (Phi) is 21.7. The lowest BCUT2D eigenvalue weighted by molar-refractivity contribution is -0.148. The van der Waals surface area contributed by atoms with E-state index in [1.54, 1.807) is 11.8 Å². The number of rotatable bonds is 24. The van der Waals surface area contributed by atoms with Gasteiger partial charge in [0.25, 0.3) is 0 Å². The van der Waals surface area contributed by atoms with Crippen molar-refractivity contribution in [2.75, 3.05) is 32.8 Å². The Labute approximate surface area is 351 Å². The predicted octanol–water partition coefficient (Wildman–Crippen LogP) is 2.78. The van der Waals surface area contributed by atoms with E-state index in [0.717, 1.165) is 48.6 Å². The molecule has 0 aliphatic carbocycles. The Hall–Kier alpha value is -3.76. The van der Waals surface area contributed by atoms with Crippen LogP contribution in [0, 0.1) is 11.3 Å². The maximum Gasteiger partial charge on any atom is 0.328 e. The molecule has 1 fully saturated rings. The number of benzene rings is 1. The lowest BCUT2D eigenvalue weighted by Gasteiger charge is -2.34. The fourth-order valence-electron chi connectivity index (χ4n) is 7.35. The van der Waals surface area contributed by atoms with Gasteiger partial charge in [-0.15, -0.1) is 12.4 Å². The van der Waals surface area contributed by atoms with Gasteiger partial charge < -0.3 is 53.1 Å². The fourth-order valence-corrected chi connectivity index (χ4v) is 7.35. The molecule has 1 aliphatic heterocycles. The van der Waals surface area contributed by atoms with Crippen LogP contribution in [0.5, 0.6) is 0 Å². The van der Waals surface area contributed by atoms with Gasteiger partial charge in [0.1, 0.15) is 24.2 Å². The minimum atomic E-state index is -1.10. The molecule has 0 spiro atoms. The van der Waals surface area contributed by atoms with Crippen LogP contribution in [0.25, 0.3) is 10.9 Å². The Balaban J connectivity index is 0.0000116. The number of aromatic amines is 1. The summed E-state index contributed by atoms with van der Waals surface area (Å²) < 4.78 is 5.25. The molecule has 15 nitrogen and oxygen atoms in total. The first-order valence-corrected chi connectivity index (χ1v) is 20.9. The Morgan fingerprint density at radius 2 is 1.59 bits per heavy atom. The molecule has 0 radical (unpaired) electrons. The number of likely N-dealkylation sites (tertiary alicyclic amines) is 1. The second kappa shape index (κ2) is 25.0. The number of H-pyrrole nitrogens is 1. The second-order valence-corrected chi connectivity index (χ2v) is 16.9. The summed E-state index contributed by atoms with van der Waals surface area (Å²) in [6.07, 6.45) is 7.96. The van der Waals surface area contributed by atoms with E-state index in [1.807, 2.05) is 65.1 Å². The van der Waals surface area contributed by atoms with Crippen LogP contribution < -0.4 is 38.5 Å². The van der Waals surface area contributed by atoms with E-state index < -0.39 is 59.3 Å². The molecule has 58 heavy (non-hydrogen) atoms. The summed E-state index contributed by atoms with van der Waals surface area (Å²) in [7, 11) is 0. The van der Waals surface area contributed by atoms with Gasteiger partial charge >= 0.3 is 5.97 Å². The minimum Gasteiger partial charge on any atom is -0.464 e. The summed E-state index contributed by atoms with van der Waals surface area (Å²) in [5.41, 5.74) is 18.7. The molecule has 6 atom stereocenters. The molecule has 1 aromatic carbocycles. The van der Waals surface area contributed by atoms with Gasteiger partial charge in [-0.2, -0.15) is 0 Å². The third kappa shape index (κ3) is 15.4. The normalized spacial score (nSPS) is 16.9. The van der Waals surface area contributed by atoms with Gasteiger partial charge in [0, 0.05) is 42.7 Å². The molecular weight excluding hydrogens is 762 g/mol. The number of nitrogens with two attached hydrogens (primary N) is 3. The summed E-state index contributed by atoms with van der Waals surface area (Å²) in [6, 6.07) is 3.12. The summed E-state index contributed by atoms with van der Waals surface area (Å²) in [4.78, 5) is 74.4. The molecule has 16 heteroatoms. The molecule has 0 saturated carbocycles. The molecule has 1 aromatic heterocycles. The topological polar surface area (TPSA) is 240 Å². The maximum absolute atomic E-state index is 14.4. The average Bonchev–Trinajstić information content (AvgIpc) is 3.82. The molecule has 2 aromatic rings. The molecule has 328 valence electrons. The molecule has 0 unspecified atom stereocenters. The number of hydrogen-bond donors (Lipinski definition) is 8. The van der Waals surface area contributed by atoms with E-state index in [-0.39, 0.29) is 43.3 Å². The number of nitrogens with one attached hydrogen (secondary N) is 5. The van der Waals surface area contributed by atoms with Crippen molar-refractivity contribution >= 4 is 52.9 Å². The molecule has 1 aliphatic rings. The average molecular weight is 835 g/mol. The smallest absolute Gasteiger partial charge is 0.328 e. The number of unbranched alkanes of at least 4 members (excludes halogenated alkanes) is 2. The molecule has 0 bridgehead atoms. The number of carbonyl (C=O) groups excluding carboxylic acids is 5. The maximum atomic E-state index is 14.4. The Morgan fingerprint density at radius 3 is 2.22 bits per heavy atom. The number of aromatic nitrogens is 1. The monoisotopic (exact) mass is 834 g/mol. The van der Waals surface area contributed by atoms with Gasteiger partial charge in [0.15, 0.2) is 0 Å². The van der Waals surface area contributed by atoms with Gasteiger partial charge in [-0.3, -0.25) is 19.2 Å². The first-order chi connectivity index (χ1) is 27.1. The lowest BCUT2D eigenvalue weighted by atomic mass is 9.85. The van der Waals surface area contributed by atoms with Crippen molar-refractivity contribution in [1.29, 1.82) is 0 Å². The molecule has 3 rings (SSSR count). The van der Waals surface area contributed by atoms with Crippen LogP contribution in [0.15, 0.2) is 30.5 Å².